The van der Waals surface area contributed by atoms with Crippen molar-refractivity contribution >= 4 is 52.5 Å². The molecule has 0 saturated carbocycles. The average molecular weight is 436 g/mol. The molecular formula is C19H19Cl2N5O3. The van der Waals surface area contributed by atoms with Crippen LogP contribution in [0.3, 0.4) is 0 Å². The second-order valence-corrected chi connectivity index (χ2v) is 8.02. The summed E-state index contributed by atoms with van der Waals surface area (Å²) in [7, 11) is 0. The molecule has 29 heavy (non-hydrogen) atoms. The molecule has 1 fully saturated rings. The number of halogens is 2. The maximum atomic E-state index is 12.9. The number of hydrogen-bond donors (Lipinski definition) is 3. The predicted octanol–water partition coefficient (Wildman–Crippen LogP) is 3.13. The maximum absolute atomic E-state index is 12.9. The summed E-state index contributed by atoms with van der Waals surface area (Å²) in [4.78, 5) is 47.1. The van der Waals surface area contributed by atoms with E-state index >= 15 is 0 Å². The first-order chi connectivity index (χ1) is 13.9. The summed E-state index contributed by atoms with van der Waals surface area (Å²) in [5, 5.41) is 6.03. The molecule has 1 aromatic heterocycles. The van der Waals surface area contributed by atoms with Gasteiger partial charge in [0.25, 0.3) is 5.56 Å². The number of benzene rings is 1. The molecule has 0 radical (unpaired) electrons. The van der Waals surface area contributed by atoms with E-state index in [0.29, 0.717) is 21.7 Å². The summed E-state index contributed by atoms with van der Waals surface area (Å²) in [5.74, 6) is -1.30. The summed E-state index contributed by atoms with van der Waals surface area (Å²) in [6.45, 7) is 1.57. The van der Waals surface area contributed by atoms with Gasteiger partial charge in [-0.1, -0.05) is 23.2 Å². The zero-order valence-electron chi connectivity index (χ0n) is 15.4. The fourth-order valence-corrected chi connectivity index (χ4v) is 4.22. The number of aromatic amines is 1. The van der Waals surface area contributed by atoms with Crippen molar-refractivity contribution in [1.29, 1.82) is 0 Å². The molecule has 10 heteroatoms. The van der Waals surface area contributed by atoms with Crippen LogP contribution in [-0.4, -0.2) is 34.9 Å². The minimum atomic E-state index is -0.969. The van der Waals surface area contributed by atoms with Crippen molar-refractivity contribution in [1.82, 2.24) is 9.97 Å². The Hall–Kier alpha value is -2.58. The number of anilines is 3. The van der Waals surface area contributed by atoms with Gasteiger partial charge in [0.1, 0.15) is 5.82 Å². The lowest BCUT2D eigenvalue weighted by atomic mass is 9.92. The van der Waals surface area contributed by atoms with Gasteiger partial charge in [0.2, 0.25) is 17.8 Å². The van der Waals surface area contributed by atoms with Crippen molar-refractivity contribution in [2.45, 2.75) is 31.6 Å². The number of carbonyl (C=O) groups is 2. The van der Waals surface area contributed by atoms with E-state index in [1.807, 2.05) is 4.90 Å². The van der Waals surface area contributed by atoms with Crippen molar-refractivity contribution in [3.05, 3.63) is 44.2 Å². The lowest BCUT2D eigenvalue weighted by molar-refractivity contribution is -0.123. The molecule has 0 spiro atoms. The first kappa shape index (κ1) is 19.7. The van der Waals surface area contributed by atoms with E-state index in [1.165, 1.54) is 12.1 Å². The van der Waals surface area contributed by atoms with E-state index in [1.54, 1.807) is 6.07 Å². The molecule has 8 nitrogen and oxygen atoms in total. The van der Waals surface area contributed by atoms with Crippen molar-refractivity contribution < 1.29 is 9.59 Å². The third-order valence-electron chi connectivity index (χ3n) is 5.04. The lowest BCUT2D eigenvalue weighted by Crippen LogP contribution is -2.38. The second-order valence-electron chi connectivity index (χ2n) is 7.15. The Bertz CT molecular complexity index is 1010. The quantitative estimate of drug-likeness (QED) is 0.686. The molecule has 3 N–H and O–H groups in total. The average Bonchev–Trinajstić information content (AvgIpc) is 2.66. The highest BCUT2D eigenvalue weighted by molar-refractivity contribution is 6.35. The van der Waals surface area contributed by atoms with Gasteiger partial charge in [0, 0.05) is 35.2 Å². The number of piperidine rings is 1. The van der Waals surface area contributed by atoms with E-state index in [0.717, 1.165) is 32.4 Å². The SMILES string of the molecule is O=C1CC(C(=O)Nc2cc(Cl)cc(Cl)c2)c2c(nc(N3CCCCC3)[nH]c2=O)N1. The number of hydrogen-bond acceptors (Lipinski definition) is 5. The summed E-state index contributed by atoms with van der Waals surface area (Å²) in [5.41, 5.74) is 0.102. The molecule has 152 valence electrons. The number of amides is 2. The standard InChI is InChI=1S/C19H19Cl2N5O3/c20-10-6-11(21)8-12(7-10)22-17(28)13-9-14(27)23-16-15(13)18(29)25-19(24-16)26-4-2-1-3-5-26/h6-8,13H,1-5,9H2,(H,22,28)(H2,23,24,25,27,29). The molecule has 4 rings (SSSR count). The number of fused-ring (bicyclic) bond motifs is 1. The van der Waals surface area contributed by atoms with Crippen molar-refractivity contribution in [3.8, 4) is 0 Å². The molecule has 2 aliphatic heterocycles. The number of nitrogens with zero attached hydrogens (tertiary/aromatic N) is 2. The Morgan fingerprint density at radius 3 is 2.48 bits per heavy atom. The van der Waals surface area contributed by atoms with E-state index < -0.39 is 17.4 Å². The van der Waals surface area contributed by atoms with Gasteiger partial charge in [-0.25, -0.2) is 0 Å². The number of rotatable bonds is 3. The van der Waals surface area contributed by atoms with Crippen LogP contribution in [0.4, 0.5) is 17.5 Å². The summed E-state index contributed by atoms with van der Waals surface area (Å²) in [6, 6.07) is 4.62. The first-order valence-corrected chi connectivity index (χ1v) is 10.1. The van der Waals surface area contributed by atoms with E-state index in [-0.39, 0.29) is 23.7 Å². The second kappa shape index (κ2) is 8.04. The number of carbonyl (C=O) groups excluding carboxylic acids is 2. The van der Waals surface area contributed by atoms with Crippen molar-refractivity contribution in [3.63, 3.8) is 0 Å². The smallest absolute Gasteiger partial charge is 0.258 e. The molecule has 2 aliphatic rings. The highest BCUT2D eigenvalue weighted by Gasteiger charge is 2.35. The fourth-order valence-electron chi connectivity index (χ4n) is 3.69. The van der Waals surface area contributed by atoms with Crippen LogP contribution in [0, 0.1) is 0 Å². The summed E-state index contributed by atoms with van der Waals surface area (Å²) >= 11 is 11.9. The molecule has 0 bridgehead atoms. The Morgan fingerprint density at radius 2 is 1.79 bits per heavy atom. The molecule has 2 amide bonds. The van der Waals surface area contributed by atoms with Crippen molar-refractivity contribution in [2.75, 3.05) is 28.6 Å². The van der Waals surface area contributed by atoms with E-state index in [2.05, 4.69) is 20.6 Å². The molecule has 0 aliphatic carbocycles. The van der Waals surface area contributed by atoms with Crippen LogP contribution < -0.4 is 21.1 Å². The Morgan fingerprint density at radius 1 is 1.10 bits per heavy atom. The summed E-state index contributed by atoms with van der Waals surface area (Å²) in [6.07, 6.45) is 3.01. The van der Waals surface area contributed by atoms with E-state index in [4.69, 9.17) is 23.2 Å². The third-order valence-corrected chi connectivity index (χ3v) is 5.48. The molecule has 1 unspecified atom stereocenters. The Kier molecular flexibility index (Phi) is 5.47. The van der Waals surface area contributed by atoms with Gasteiger partial charge in [-0.05, 0) is 37.5 Å². The van der Waals surface area contributed by atoms with Crippen LogP contribution in [0.5, 0.6) is 0 Å². The number of aromatic nitrogens is 2. The highest BCUT2D eigenvalue weighted by Crippen LogP contribution is 2.31. The van der Waals surface area contributed by atoms with Gasteiger partial charge >= 0.3 is 0 Å². The normalized spacial score (nSPS) is 18.8. The highest BCUT2D eigenvalue weighted by atomic mass is 35.5. The van der Waals surface area contributed by atoms with Gasteiger partial charge in [-0.2, -0.15) is 4.98 Å². The Labute approximate surface area is 176 Å². The summed E-state index contributed by atoms with van der Waals surface area (Å²) < 4.78 is 0. The minimum Gasteiger partial charge on any atom is -0.342 e. The molecule has 1 aromatic carbocycles. The van der Waals surface area contributed by atoms with Crippen LogP contribution in [-0.2, 0) is 9.59 Å². The van der Waals surface area contributed by atoms with Gasteiger partial charge in [-0.3, -0.25) is 19.4 Å². The fraction of sp³-hybridized carbons (Fsp3) is 0.368. The Balaban J connectivity index is 1.65. The maximum Gasteiger partial charge on any atom is 0.258 e. The van der Waals surface area contributed by atoms with Crippen LogP contribution >= 0.6 is 23.2 Å². The zero-order valence-corrected chi connectivity index (χ0v) is 16.9. The van der Waals surface area contributed by atoms with Crippen LogP contribution in [0.2, 0.25) is 10.0 Å². The van der Waals surface area contributed by atoms with Crippen LogP contribution in [0.15, 0.2) is 23.0 Å². The topological polar surface area (TPSA) is 107 Å². The zero-order chi connectivity index (χ0) is 20.5. The molecule has 2 aromatic rings. The monoisotopic (exact) mass is 435 g/mol. The van der Waals surface area contributed by atoms with Gasteiger partial charge in [0.15, 0.2) is 0 Å². The largest absolute Gasteiger partial charge is 0.342 e. The van der Waals surface area contributed by atoms with Crippen LogP contribution in [0.1, 0.15) is 37.2 Å². The van der Waals surface area contributed by atoms with Gasteiger partial charge in [-0.15, -0.1) is 0 Å². The van der Waals surface area contributed by atoms with Gasteiger partial charge < -0.3 is 15.5 Å². The predicted molar refractivity (Wildman–Crippen MR) is 112 cm³/mol. The third kappa shape index (κ3) is 4.23. The molecular weight excluding hydrogens is 417 g/mol. The lowest BCUT2D eigenvalue weighted by Gasteiger charge is -2.29. The number of H-pyrrole nitrogens is 1. The van der Waals surface area contributed by atoms with Crippen LogP contribution in [0.25, 0.3) is 0 Å². The van der Waals surface area contributed by atoms with E-state index in [9.17, 15) is 14.4 Å². The number of nitrogens with one attached hydrogen (secondary N) is 3. The van der Waals surface area contributed by atoms with Gasteiger partial charge in [0.05, 0.1) is 11.5 Å². The molecule has 1 atom stereocenters. The molecule has 1 saturated heterocycles. The minimum absolute atomic E-state index is 0.134. The molecule has 3 heterocycles. The first-order valence-electron chi connectivity index (χ1n) is 9.36. The van der Waals surface area contributed by atoms with Crippen molar-refractivity contribution in [2.24, 2.45) is 0 Å².